The van der Waals surface area contributed by atoms with Crippen molar-refractivity contribution in [3.8, 4) is 0 Å². The van der Waals surface area contributed by atoms with Crippen LogP contribution in [0.1, 0.15) is 76.2 Å². The molecule has 0 aliphatic carbocycles. The molecular weight excluding hydrogens is 406 g/mol. The summed E-state index contributed by atoms with van der Waals surface area (Å²) in [5.41, 5.74) is 5.14. The fourth-order valence-electron chi connectivity index (χ4n) is 2.78. The van der Waals surface area contributed by atoms with Crippen LogP contribution in [0.25, 0.3) is 0 Å². The van der Waals surface area contributed by atoms with Gasteiger partial charge in [0.1, 0.15) is 5.60 Å². The highest BCUT2D eigenvalue weighted by Crippen LogP contribution is 2.21. The van der Waals surface area contributed by atoms with Crippen LogP contribution >= 0.6 is 0 Å². The van der Waals surface area contributed by atoms with Crippen LogP contribution in [0.3, 0.4) is 0 Å². The molecular formula is C25H53N3O4. The van der Waals surface area contributed by atoms with Crippen LogP contribution in [-0.4, -0.2) is 64.3 Å². The molecule has 1 amide bonds. The van der Waals surface area contributed by atoms with Crippen LogP contribution in [-0.2, 0) is 14.2 Å². The van der Waals surface area contributed by atoms with Gasteiger partial charge in [0.05, 0.1) is 26.4 Å². The van der Waals surface area contributed by atoms with Gasteiger partial charge in [0.15, 0.2) is 0 Å². The zero-order valence-corrected chi connectivity index (χ0v) is 22.9. The van der Waals surface area contributed by atoms with Crippen LogP contribution < -0.4 is 16.4 Å². The smallest absolute Gasteiger partial charge is 0.407 e. The van der Waals surface area contributed by atoms with Gasteiger partial charge in [0, 0.05) is 41.3 Å². The summed E-state index contributed by atoms with van der Waals surface area (Å²) >= 11 is 0. The number of carbonyl (C=O) groups is 1. The van der Waals surface area contributed by atoms with Gasteiger partial charge in [0.25, 0.3) is 0 Å². The number of amides is 1. The number of nitrogens with two attached hydrogens (primary N) is 1. The minimum absolute atomic E-state index is 0.00679. The van der Waals surface area contributed by atoms with Crippen LogP contribution in [0.15, 0.2) is 0 Å². The molecule has 0 fully saturated rings. The highest BCUT2D eigenvalue weighted by molar-refractivity contribution is 5.67. The molecule has 0 aliphatic rings. The summed E-state index contributed by atoms with van der Waals surface area (Å²) in [5.74, 6) is 0. The van der Waals surface area contributed by atoms with Gasteiger partial charge >= 0.3 is 6.09 Å². The lowest BCUT2D eigenvalue weighted by Gasteiger charge is -2.32. The number of hydrogen-bond acceptors (Lipinski definition) is 6. The third kappa shape index (κ3) is 16.7. The van der Waals surface area contributed by atoms with Gasteiger partial charge in [-0.1, -0.05) is 55.4 Å². The molecule has 0 spiro atoms. The number of carbonyl (C=O) groups excluding carboxylic acids is 1. The number of rotatable bonds is 15. The van der Waals surface area contributed by atoms with E-state index in [1.807, 2.05) is 20.8 Å². The molecule has 7 heteroatoms. The zero-order chi connectivity index (χ0) is 25.3. The summed E-state index contributed by atoms with van der Waals surface area (Å²) < 4.78 is 17.2. The first-order valence-electron chi connectivity index (χ1n) is 11.8. The quantitative estimate of drug-likeness (QED) is 0.340. The lowest BCUT2D eigenvalue weighted by Crippen LogP contribution is -2.42. The molecule has 0 radical (unpaired) electrons. The highest BCUT2D eigenvalue weighted by atomic mass is 16.6. The molecule has 0 aromatic rings. The molecule has 32 heavy (non-hydrogen) atoms. The molecule has 0 atom stereocenters. The van der Waals surface area contributed by atoms with E-state index in [4.69, 9.17) is 19.9 Å². The number of alkyl carbamates (subject to hydrolysis) is 1. The summed E-state index contributed by atoms with van der Waals surface area (Å²) in [6, 6.07) is 0. The third-order valence-electron chi connectivity index (χ3n) is 4.84. The van der Waals surface area contributed by atoms with Crippen molar-refractivity contribution in [2.24, 2.45) is 27.4 Å². The predicted molar refractivity (Wildman–Crippen MR) is 133 cm³/mol. The average Bonchev–Trinajstić information content (AvgIpc) is 2.57. The maximum absolute atomic E-state index is 11.9. The lowest BCUT2D eigenvalue weighted by atomic mass is 9.91. The fourth-order valence-corrected chi connectivity index (χ4v) is 2.78. The summed E-state index contributed by atoms with van der Waals surface area (Å²) in [4.78, 5) is 11.9. The first kappa shape index (κ1) is 31.1. The third-order valence-corrected chi connectivity index (χ3v) is 4.84. The number of hydrogen-bond donors (Lipinski definition) is 3. The van der Waals surface area contributed by atoms with E-state index in [2.05, 4.69) is 66.0 Å². The molecule has 7 nitrogen and oxygen atoms in total. The summed E-state index contributed by atoms with van der Waals surface area (Å²) in [7, 11) is 0. The first-order valence-corrected chi connectivity index (χ1v) is 11.8. The van der Waals surface area contributed by atoms with Crippen LogP contribution in [0, 0.1) is 21.7 Å². The topological polar surface area (TPSA) is 94.8 Å². The predicted octanol–water partition coefficient (Wildman–Crippen LogP) is 4.20. The van der Waals surface area contributed by atoms with Gasteiger partial charge in [0.2, 0.25) is 0 Å². The normalized spacial score (nSPS) is 13.9. The Labute approximate surface area is 197 Å². The Morgan fingerprint density at radius 1 is 0.656 bits per heavy atom. The van der Waals surface area contributed by atoms with Crippen LogP contribution in [0.4, 0.5) is 4.79 Å². The van der Waals surface area contributed by atoms with Crippen molar-refractivity contribution in [3.63, 3.8) is 0 Å². The van der Waals surface area contributed by atoms with Crippen LogP contribution in [0.5, 0.6) is 0 Å². The van der Waals surface area contributed by atoms with Crippen molar-refractivity contribution >= 4 is 6.09 Å². The Morgan fingerprint density at radius 3 is 1.41 bits per heavy atom. The van der Waals surface area contributed by atoms with Gasteiger partial charge < -0.3 is 30.6 Å². The maximum Gasteiger partial charge on any atom is 0.407 e. The van der Waals surface area contributed by atoms with E-state index < -0.39 is 11.7 Å². The molecule has 4 N–H and O–H groups in total. The summed E-state index contributed by atoms with van der Waals surface area (Å²) in [6.45, 7) is 28.1. The van der Waals surface area contributed by atoms with Gasteiger partial charge in [-0.05, 0) is 27.3 Å². The Bertz CT molecular complexity index is 552. The first-order chi connectivity index (χ1) is 14.3. The lowest BCUT2D eigenvalue weighted by molar-refractivity contribution is 0.00637. The van der Waals surface area contributed by atoms with E-state index in [-0.39, 0.29) is 21.7 Å². The van der Waals surface area contributed by atoms with E-state index in [0.717, 1.165) is 13.1 Å². The molecule has 0 aromatic carbocycles. The Hall–Kier alpha value is -0.890. The molecule has 0 rings (SSSR count). The monoisotopic (exact) mass is 459 g/mol. The standard InChI is InChI=1S/C25H53N3O4/c1-21(2,3)32-20(29)28-15-25(10,11)19-31-18-24(8,9)14-27-13-23(6,7)17-30-16-22(4,5)12-26/h27H,12-19,26H2,1-11H3,(H,28,29). The van der Waals surface area contributed by atoms with Crippen molar-refractivity contribution in [2.75, 3.05) is 52.6 Å². The van der Waals surface area contributed by atoms with Gasteiger partial charge in [-0.2, -0.15) is 0 Å². The SMILES string of the molecule is CC(C)(CN)COCC(C)(C)CNCC(C)(C)COCC(C)(C)CNC(=O)OC(C)(C)C. The number of nitrogens with one attached hydrogen (secondary N) is 2. The van der Waals surface area contributed by atoms with E-state index in [1.54, 1.807) is 0 Å². The van der Waals surface area contributed by atoms with Crippen molar-refractivity contribution in [1.82, 2.24) is 10.6 Å². The maximum atomic E-state index is 11.9. The molecule has 0 aromatic heterocycles. The molecule has 0 unspecified atom stereocenters. The molecule has 0 saturated heterocycles. The van der Waals surface area contributed by atoms with Crippen molar-refractivity contribution in [2.45, 2.75) is 81.8 Å². The van der Waals surface area contributed by atoms with Crippen molar-refractivity contribution in [3.05, 3.63) is 0 Å². The Balaban J connectivity index is 4.24. The second-order valence-electron chi connectivity index (χ2n) is 13.3. The fraction of sp³-hybridized carbons (Fsp3) is 0.960. The van der Waals surface area contributed by atoms with E-state index in [9.17, 15) is 4.79 Å². The minimum Gasteiger partial charge on any atom is -0.444 e. The average molecular weight is 460 g/mol. The van der Waals surface area contributed by atoms with Crippen molar-refractivity contribution < 1.29 is 19.0 Å². The molecule has 0 bridgehead atoms. The van der Waals surface area contributed by atoms with Crippen LogP contribution in [0.2, 0.25) is 0 Å². The zero-order valence-electron chi connectivity index (χ0n) is 22.9. The Morgan fingerprint density at radius 2 is 1.03 bits per heavy atom. The minimum atomic E-state index is -0.497. The van der Waals surface area contributed by atoms with E-state index >= 15 is 0 Å². The molecule has 192 valence electrons. The molecule has 0 saturated carbocycles. The van der Waals surface area contributed by atoms with Gasteiger partial charge in [-0.25, -0.2) is 4.79 Å². The largest absolute Gasteiger partial charge is 0.444 e. The van der Waals surface area contributed by atoms with Gasteiger partial charge in [-0.3, -0.25) is 0 Å². The summed E-state index contributed by atoms with van der Waals surface area (Å²) in [5, 5.41) is 6.41. The molecule has 0 heterocycles. The van der Waals surface area contributed by atoms with E-state index in [1.165, 1.54) is 0 Å². The Kier molecular flexibility index (Phi) is 12.2. The second kappa shape index (κ2) is 12.5. The molecule has 0 aliphatic heterocycles. The number of ether oxygens (including phenoxy) is 3. The second-order valence-corrected chi connectivity index (χ2v) is 13.3. The highest BCUT2D eigenvalue weighted by Gasteiger charge is 2.26. The van der Waals surface area contributed by atoms with E-state index in [0.29, 0.717) is 39.5 Å². The summed E-state index contributed by atoms with van der Waals surface area (Å²) in [6.07, 6.45) is -0.395. The van der Waals surface area contributed by atoms with Gasteiger partial charge in [-0.15, -0.1) is 0 Å². The van der Waals surface area contributed by atoms with Crippen molar-refractivity contribution in [1.29, 1.82) is 0 Å².